The first-order valence-electron chi connectivity index (χ1n) is 8.99. The highest BCUT2D eigenvalue weighted by Crippen LogP contribution is 2.45. The maximum Gasteiger partial charge on any atom is 0.410 e. The first-order valence-corrected chi connectivity index (χ1v) is 8.99. The molecule has 2 atom stereocenters. The third-order valence-electron chi connectivity index (χ3n) is 5.28. The van der Waals surface area contributed by atoms with E-state index in [1.54, 1.807) is 4.90 Å². The van der Waals surface area contributed by atoms with Crippen molar-refractivity contribution in [3.05, 3.63) is 35.9 Å². The van der Waals surface area contributed by atoms with Gasteiger partial charge in [0.25, 0.3) is 0 Å². The van der Waals surface area contributed by atoms with E-state index >= 15 is 0 Å². The predicted octanol–water partition coefficient (Wildman–Crippen LogP) is 2.94. The molecule has 0 saturated carbocycles. The number of likely N-dealkylation sites (tertiary alicyclic amines) is 2. The van der Waals surface area contributed by atoms with Crippen molar-refractivity contribution in [1.82, 2.24) is 9.80 Å². The van der Waals surface area contributed by atoms with Crippen molar-refractivity contribution in [2.75, 3.05) is 26.7 Å². The van der Waals surface area contributed by atoms with Crippen molar-refractivity contribution < 1.29 is 14.3 Å². The van der Waals surface area contributed by atoms with E-state index in [2.05, 4.69) is 12.1 Å². The van der Waals surface area contributed by atoms with E-state index in [-0.39, 0.29) is 17.9 Å². The molecule has 5 heteroatoms. The van der Waals surface area contributed by atoms with Crippen molar-refractivity contribution >= 4 is 12.0 Å². The van der Waals surface area contributed by atoms with Gasteiger partial charge in [-0.05, 0) is 45.1 Å². The molecule has 2 heterocycles. The minimum Gasteiger partial charge on any atom is -0.444 e. The van der Waals surface area contributed by atoms with Crippen LogP contribution in [0, 0.1) is 11.3 Å². The van der Waals surface area contributed by atoms with Crippen LogP contribution in [0.3, 0.4) is 0 Å². The molecule has 0 radical (unpaired) electrons. The Kier molecular flexibility index (Phi) is 4.52. The van der Waals surface area contributed by atoms with Gasteiger partial charge in [-0.15, -0.1) is 0 Å². The lowest BCUT2D eigenvalue weighted by atomic mass is 9.69. The Morgan fingerprint density at radius 1 is 1.28 bits per heavy atom. The van der Waals surface area contributed by atoms with Gasteiger partial charge in [0.15, 0.2) is 0 Å². The van der Waals surface area contributed by atoms with Gasteiger partial charge in [-0.1, -0.05) is 30.3 Å². The number of piperidine rings is 1. The molecule has 3 rings (SSSR count). The fraction of sp³-hybridized carbons (Fsp3) is 0.600. The highest BCUT2D eigenvalue weighted by molar-refractivity contribution is 5.86. The monoisotopic (exact) mass is 344 g/mol. The van der Waals surface area contributed by atoms with Crippen molar-refractivity contribution in [2.24, 2.45) is 11.3 Å². The average molecular weight is 344 g/mol. The summed E-state index contributed by atoms with van der Waals surface area (Å²) in [6, 6.07) is 10.1. The summed E-state index contributed by atoms with van der Waals surface area (Å²) in [5.74, 6) is 0.429. The summed E-state index contributed by atoms with van der Waals surface area (Å²) in [6.45, 7) is 7.46. The van der Waals surface area contributed by atoms with Crippen molar-refractivity contribution in [2.45, 2.75) is 39.2 Å². The predicted molar refractivity (Wildman–Crippen MR) is 96.1 cm³/mol. The van der Waals surface area contributed by atoms with E-state index in [0.29, 0.717) is 19.5 Å². The molecule has 0 bridgehead atoms. The number of fused-ring (bicyclic) bond motifs is 1. The fourth-order valence-corrected chi connectivity index (χ4v) is 4.16. The summed E-state index contributed by atoms with van der Waals surface area (Å²) in [5, 5.41) is 0. The highest BCUT2D eigenvalue weighted by atomic mass is 16.6. The standard InChI is InChI=1S/C20H28N2O3/c1-19(2,3)25-18(24)22-11-10-16-13-21(4)17(23)20(16,14-22)12-15-8-6-5-7-9-15/h5-9,16H,10-14H2,1-4H3. The molecule has 0 aromatic heterocycles. The van der Waals surface area contributed by atoms with E-state index in [1.165, 1.54) is 0 Å². The Morgan fingerprint density at radius 3 is 2.60 bits per heavy atom. The second-order valence-corrected chi connectivity index (χ2v) is 8.39. The van der Waals surface area contributed by atoms with Gasteiger partial charge in [0.1, 0.15) is 5.60 Å². The van der Waals surface area contributed by atoms with Gasteiger partial charge in [0.2, 0.25) is 5.91 Å². The number of amides is 2. The van der Waals surface area contributed by atoms with Crippen LogP contribution in [0.25, 0.3) is 0 Å². The quantitative estimate of drug-likeness (QED) is 0.829. The third-order valence-corrected chi connectivity index (χ3v) is 5.28. The molecule has 136 valence electrons. The maximum absolute atomic E-state index is 13.1. The fourth-order valence-electron chi connectivity index (χ4n) is 4.16. The van der Waals surface area contributed by atoms with E-state index in [0.717, 1.165) is 18.5 Å². The van der Waals surface area contributed by atoms with Crippen LogP contribution in [-0.4, -0.2) is 54.1 Å². The van der Waals surface area contributed by atoms with Crippen molar-refractivity contribution in [3.8, 4) is 0 Å². The summed E-state index contributed by atoms with van der Waals surface area (Å²) in [6.07, 6.45) is 1.18. The normalized spacial score (nSPS) is 26.6. The maximum atomic E-state index is 13.1. The van der Waals surface area contributed by atoms with E-state index < -0.39 is 11.0 Å². The Bertz CT molecular complexity index is 653. The van der Waals surface area contributed by atoms with Crippen LogP contribution in [0.2, 0.25) is 0 Å². The van der Waals surface area contributed by atoms with Crippen LogP contribution in [0.5, 0.6) is 0 Å². The Morgan fingerprint density at radius 2 is 1.96 bits per heavy atom. The number of hydrogen-bond acceptors (Lipinski definition) is 3. The summed E-state index contributed by atoms with van der Waals surface area (Å²) < 4.78 is 5.55. The number of rotatable bonds is 2. The molecule has 2 aliphatic rings. The van der Waals surface area contributed by atoms with Crippen LogP contribution in [0.4, 0.5) is 4.79 Å². The third kappa shape index (κ3) is 3.51. The Hall–Kier alpha value is -2.04. The van der Waals surface area contributed by atoms with Crippen LogP contribution < -0.4 is 0 Å². The summed E-state index contributed by atoms with van der Waals surface area (Å²) >= 11 is 0. The average Bonchev–Trinajstić information content (AvgIpc) is 2.78. The number of carbonyl (C=O) groups excluding carboxylic acids is 2. The zero-order valence-electron chi connectivity index (χ0n) is 15.6. The number of hydrogen-bond donors (Lipinski definition) is 0. The van der Waals surface area contributed by atoms with E-state index in [1.807, 2.05) is 50.9 Å². The van der Waals surface area contributed by atoms with Crippen LogP contribution >= 0.6 is 0 Å². The first-order chi connectivity index (χ1) is 11.7. The summed E-state index contributed by atoms with van der Waals surface area (Å²) in [4.78, 5) is 29.2. The van der Waals surface area contributed by atoms with Gasteiger partial charge in [0, 0.05) is 26.7 Å². The number of carbonyl (C=O) groups is 2. The summed E-state index contributed by atoms with van der Waals surface area (Å²) in [7, 11) is 1.87. The smallest absolute Gasteiger partial charge is 0.410 e. The Balaban J connectivity index is 1.86. The molecule has 2 saturated heterocycles. The molecule has 0 spiro atoms. The highest BCUT2D eigenvalue weighted by Gasteiger charge is 2.56. The molecule has 2 amide bonds. The molecule has 2 fully saturated rings. The van der Waals surface area contributed by atoms with Gasteiger partial charge in [-0.25, -0.2) is 4.79 Å². The van der Waals surface area contributed by atoms with Crippen LogP contribution in [-0.2, 0) is 16.0 Å². The first kappa shape index (κ1) is 17.8. The van der Waals surface area contributed by atoms with Crippen molar-refractivity contribution in [3.63, 3.8) is 0 Å². The lowest BCUT2D eigenvalue weighted by molar-refractivity contribution is -0.138. The molecule has 0 N–H and O–H groups in total. The van der Waals surface area contributed by atoms with Gasteiger partial charge in [-0.2, -0.15) is 0 Å². The molecule has 2 unspecified atom stereocenters. The van der Waals surface area contributed by atoms with Gasteiger partial charge < -0.3 is 14.5 Å². The largest absolute Gasteiger partial charge is 0.444 e. The van der Waals surface area contributed by atoms with E-state index in [4.69, 9.17) is 4.74 Å². The van der Waals surface area contributed by atoms with Gasteiger partial charge >= 0.3 is 6.09 Å². The SMILES string of the molecule is CN1CC2CCN(C(=O)OC(C)(C)C)CC2(Cc2ccccc2)C1=O. The molecule has 0 aliphatic carbocycles. The minimum absolute atomic E-state index is 0.148. The lowest BCUT2D eigenvalue weighted by Gasteiger charge is -2.43. The molecular formula is C20H28N2O3. The number of benzene rings is 1. The molecular weight excluding hydrogens is 316 g/mol. The number of ether oxygens (including phenoxy) is 1. The molecule has 25 heavy (non-hydrogen) atoms. The lowest BCUT2D eigenvalue weighted by Crippen LogP contribution is -2.54. The summed E-state index contributed by atoms with van der Waals surface area (Å²) in [5.41, 5.74) is 0.0737. The molecule has 5 nitrogen and oxygen atoms in total. The zero-order chi connectivity index (χ0) is 18.2. The minimum atomic E-state index is -0.536. The second-order valence-electron chi connectivity index (χ2n) is 8.39. The van der Waals surface area contributed by atoms with Gasteiger partial charge in [-0.3, -0.25) is 4.79 Å². The van der Waals surface area contributed by atoms with Crippen molar-refractivity contribution in [1.29, 1.82) is 0 Å². The number of nitrogens with zero attached hydrogens (tertiary/aromatic N) is 2. The van der Waals surface area contributed by atoms with Crippen LogP contribution in [0.15, 0.2) is 30.3 Å². The topological polar surface area (TPSA) is 49.9 Å². The molecule has 1 aromatic rings. The molecule has 1 aromatic carbocycles. The second kappa shape index (κ2) is 6.36. The Labute approximate surface area is 149 Å². The van der Waals surface area contributed by atoms with Gasteiger partial charge in [0.05, 0.1) is 5.41 Å². The van der Waals surface area contributed by atoms with E-state index in [9.17, 15) is 9.59 Å². The zero-order valence-corrected chi connectivity index (χ0v) is 15.6. The van der Waals surface area contributed by atoms with Crippen LogP contribution in [0.1, 0.15) is 32.8 Å². The molecule has 2 aliphatic heterocycles.